The van der Waals surface area contributed by atoms with Gasteiger partial charge in [-0.1, -0.05) is 42.5 Å². The number of methoxy groups -OCH3 is 1. The summed E-state index contributed by atoms with van der Waals surface area (Å²) in [6.07, 6.45) is 1.59. The molecule has 0 spiro atoms. The van der Waals surface area contributed by atoms with Gasteiger partial charge in [-0.3, -0.25) is 9.78 Å². The number of ether oxygens (including phenoxy) is 2. The van der Waals surface area contributed by atoms with Gasteiger partial charge in [-0.05, 0) is 42.0 Å². The van der Waals surface area contributed by atoms with E-state index < -0.39 is 0 Å². The molecule has 0 aliphatic carbocycles. The van der Waals surface area contributed by atoms with E-state index in [1.165, 1.54) is 0 Å². The first-order chi connectivity index (χ1) is 15.7. The Morgan fingerprint density at radius 3 is 2.47 bits per heavy atom. The molecule has 0 saturated carbocycles. The van der Waals surface area contributed by atoms with Crippen molar-refractivity contribution < 1.29 is 9.47 Å². The molecule has 8 heteroatoms. The van der Waals surface area contributed by atoms with Crippen LogP contribution in [0.2, 0.25) is 0 Å². The highest BCUT2D eigenvalue weighted by molar-refractivity contribution is 5.83. The van der Waals surface area contributed by atoms with Gasteiger partial charge >= 0.3 is 0 Å². The van der Waals surface area contributed by atoms with E-state index in [0.717, 1.165) is 11.1 Å². The van der Waals surface area contributed by atoms with E-state index in [-0.39, 0.29) is 17.2 Å². The minimum atomic E-state index is -0.380. The lowest BCUT2D eigenvalue weighted by atomic mass is 10.1. The fourth-order valence-electron chi connectivity index (χ4n) is 2.94. The monoisotopic (exact) mass is 427 g/mol. The number of H-pyrrole nitrogens is 1. The van der Waals surface area contributed by atoms with E-state index in [4.69, 9.17) is 9.47 Å². The van der Waals surface area contributed by atoms with Gasteiger partial charge in [-0.2, -0.15) is 5.10 Å². The molecule has 0 bridgehead atoms. The molecule has 4 aromatic rings. The zero-order valence-electron chi connectivity index (χ0n) is 17.4. The first-order valence-corrected chi connectivity index (χ1v) is 9.89. The summed E-state index contributed by atoms with van der Waals surface area (Å²) < 4.78 is 11.0. The third-order valence-corrected chi connectivity index (χ3v) is 4.59. The molecule has 0 unspecified atom stereocenters. The Hall–Kier alpha value is -4.46. The number of anilines is 1. The molecule has 3 aromatic carbocycles. The number of hydrogen-bond donors (Lipinski definition) is 2. The summed E-state index contributed by atoms with van der Waals surface area (Å²) in [5, 5.41) is 12.2. The number of nitrogens with zero attached hydrogens (tertiary/aromatic N) is 3. The van der Waals surface area contributed by atoms with Crippen LogP contribution in [-0.4, -0.2) is 28.5 Å². The van der Waals surface area contributed by atoms with Crippen LogP contribution in [0.3, 0.4) is 0 Å². The number of aromatic amines is 1. The average molecular weight is 427 g/mol. The molecule has 0 aliphatic rings. The van der Waals surface area contributed by atoms with Crippen LogP contribution >= 0.6 is 0 Å². The zero-order valence-corrected chi connectivity index (χ0v) is 17.4. The maximum absolute atomic E-state index is 12.4. The molecule has 32 heavy (non-hydrogen) atoms. The molecule has 1 heterocycles. The number of nitrogens with one attached hydrogen (secondary N) is 2. The second-order valence-electron chi connectivity index (χ2n) is 6.76. The maximum Gasteiger partial charge on any atom is 0.279 e. The summed E-state index contributed by atoms with van der Waals surface area (Å²) in [6, 6.07) is 24.4. The van der Waals surface area contributed by atoms with Gasteiger partial charge in [0.1, 0.15) is 18.1 Å². The Morgan fingerprint density at radius 2 is 1.72 bits per heavy atom. The van der Waals surface area contributed by atoms with Crippen molar-refractivity contribution in [2.75, 3.05) is 12.5 Å². The fraction of sp³-hybridized carbons (Fsp3) is 0.0833. The minimum Gasteiger partial charge on any atom is -0.497 e. The van der Waals surface area contributed by atoms with Crippen molar-refractivity contribution in [2.24, 2.45) is 5.10 Å². The van der Waals surface area contributed by atoms with Gasteiger partial charge in [-0.15, -0.1) is 10.2 Å². The molecule has 0 aliphatic heterocycles. The molecular weight excluding hydrogens is 406 g/mol. The molecule has 4 rings (SSSR count). The number of hydrazone groups is 1. The maximum atomic E-state index is 12.4. The summed E-state index contributed by atoms with van der Waals surface area (Å²) in [7, 11) is 1.58. The van der Waals surface area contributed by atoms with Crippen LogP contribution < -0.4 is 20.5 Å². The second-order valence-corrected chi connectivity index (χ2v) is 6.76. The third-order valence-electron chi connectivity index (χ3n) is 4.59. The molecule has 0 radical (unpaired) electrons. The van der Waals surface area contributed by atoms with Gasteiger partial charge in [0.05, 0.1) is 13.3 Å². The molecule has 1 aromatic heterocycles. The lowest BCUT2D eigenvalue weighted by Gasteiger charge is -2.09. The zero-order chi connectivity index (χ0) is 22.2. The SMILES string of the molecule is COc1ccc(-c2nnc(N/N=C/c3ccccc3OCc3ccccc3)[nH]c2=O)cc1. The van der Waals surface area contributed by atoms with E-state index in [2.05, 4.69) is 25.7 Å². The van der Waals surface area contributed by atoms with Crippen molar-refractivity contribution in [1.29, 1.82) is 0 Å². The van der Waals surface area contributed by atoms with Crippen molar-refractivity contribution >= 4 is 12.2 Å². The largest absolute Gasteiger partial charge is 0.497 e. The van der Waals surface area contributed by atoms with Crippen LogP contribution in [0.4, 0.5) is 5.95 Å². The van der Waals surface area contributed by atoms with Crippen LogP contribution in [-0.2, 0) is 6.61 Å². The highest BCUT2D eigenvalue weighted by atomic mass is 16.5. The lowest BCUT2D eigenvalue weighted by Crippen LogP contribution is -2.15. The third kappa shape index (κ3) is 5.17. The molecule has 0 fully saturated rings. The number of benzene rings is 3. The minimum absolute atomic E-state index is 0.131. The Labute approximate surface area is 184 Å². The van der Waals surface area contributed by atoms with Crippen molar-refractivity contribution in [3.63, 3.8) is 0 Å². The smallest absolute Gasteiger partial charge is 0.279 e. The van der Waals surface area contributed by atoms with E-state index in [0.29, 0.717) is 23.7 Å². The predicted molar refractivity (Wildman–Crippen MR) is 123 cm³/mol. The van der Waals surface area contributed by atoms with E-state index >= 15 is 0 Å². The van der Waals surface area contributed by atoms with Gasteiger partial charge < -0.3 is 9.47 Å². The molecule has 160 valence electrons. The van der Waals surface area contributed by atoms with Crippen molar-refractivity contribution in [3.8, 4) is 22.8 Å². The predicted octanol–water partition coefficient (Wildman–Crippen LogP) is 3.87. The topological polar surface area (TPSA) is 101 Å². The van der Waals surface area contributed by atoms with Crippen LogP contribution in [0.15, 0.2) is 88.8 Å². The summed E-state index contributed by atoms with van der Waals surface area (Å²) in [5.41, 5.74) is 5.01. The first kappa shape index (κ1) is 20.8. The van der Waals surface area contributed by atoms with Crippen molar-refractivity contribution in [1.82, 2.24) is 15.2 Å². The lowest BCUT2D eigenvalue weighted by molar-refractivity contribution is 0.306. The molecular formula is C24H21N5O3. The normalized spacial score (nSPS) is 10.8. The van der Waals surface area contributed by atoms with E-state index in [1.54, 1.807) is 37.6 Å². The number of para-hydroxylation sites is 1. The molecule has 0 saturated heterocycles. The Morgan fingerprint density at radius 1 is 0.969 bits per heavy atom. The Bertz CT molecular complexity index is 1250. The fourth-order valence-corrected chi connectivity index (χ4v) is 2.94. The summed E-state index contributed by atoms with van der Waals surface area (Å²) in [4.78, 5) is 15.0. The van der Waals surface area contributed by atoms with Crippen molar-refractivity contribution in [3.05, 3.63) is 100 Å². The number of aromatic nitrogens is 3. The van der Waals surface area contributed by atoms with Gasteiger partial charge in [0, 0.05) is 11.1 Å². The standard InChI is InChI=1S/C24H21N5O3/c1-31-20-13-11-18(12-14-20)22-23(30)26-24(29-27-22)28-25-15-19-9-5-6-10-21(19)32-16-17-7-3-2-4-8-17/h2-15H,16H2,1H3,(H2,26,28,29,30)/b25-15+. The van der Waals surface area contributed by atoms with Gasteiger partial charge in [0.2, 0.25) is 5.95 Å². The van der Waals surface area contributed by atoms with Crippen LogP contribution in [0.25, 0.3) is 11.3 Å². The Balaban J connectivity index is 1.43. The van der Waals surface area contributed by atoms with E-state index in [9.17, 15) is 4.79 Å². The quantitative estimate of drug-likeness (QED) is 0.327. The highest BCUT2D eigenvalue weighted by Crippen LogP contribution is 2.19. The average Bonchev–Trinajstić information content (AvgIpc) is 2.84. The molecule has 2 N–H and O–H groups in total. The van der Waals surface area contributed by atoms with E-state index in [1.807, 2.05) is 54.6 Å². The van der Waals surface area contributed by atoms with Gasteiger partial charge in [0.15, 0.2) is 5.69 Å². The van der Waals surface area contributed by atoms with Gasteiger partial charge in [0.25, 0.3) is 5.56 Å². The summed E-state index contributed by atoms with van der Waals surface area (Å²) >= 11 is 0. The number of hydrogen-bond acceptors (Lipinski definition) is 7. The summed E-state index contributed by atoms with van der Waals surface area (Å²) in [6.45, 7) is 0.449. The molecule has 0 amide bonds. The Kier molecular flexibility index (Phi) is 6.52. The second kappa shape index (κ2) is 10.0. The molecule has 8 nitrogen and oxygen atoms in total. The van der Waals surface area contributed by atoms with Crippen LogP contribution in [0.1, 0.15) is 11.1 Å². The molecule has 0 atom stereocenters. The van der Waals surface area contributed by atoms with Crippen molar-refractivity contribution in [2.45, 2.75) is 6.61 Å². The number of rotatable bonds is 8. The first-order valence-electron chi connectivity index (χ1n) is 9.89. The summed E-state index contributed by atoms with van der Waals surface area (Å²) in [5.74, 6) is 1.52. The highest BCUT2D eigenvalue weighted by Gasteiger charge is 2.08. The van der Waals surface area contributed by atoms with Crippen LogP contribution in [0, 0.1) is 0 Å². The van der Waals surface area contributed by atoms with Crippen LogP contribution in [0.5, 0.6) is 11.5 Å². The van der Waals surface area contributed by atoms with Gasteiger partial charge in [-0.25, -0.2) is 5.43 Å².